The van der Waals surface area contributed by atoms with Gasteiger partial charge in [0.2, 0.25) is 0 Å². The van der Waals surface area contributed by atoms with Gasteiger partial charge in [-0.05, 0) is 31.9 Å². The number of hydrogen-bond donors (Lipinski definition) is 0. The van der Waals surface area contributed by atoms with E-state index in [-0.39, 0.29) is 5.97 Å². The molecule has 1 rings (SSSR count). The molecule has 0 amide bonds. The minimum Gasteiger partial charge on any atom is -0.494 e. The second-order valence-electron chi connectivity index (χ2n) is 6.22. The van der Waals surface area contributed by atoms with Gasteiger partial charge in [-0.1, -0.05) is 69.2 Å². The molecule has 0 unspecified atom stereocenters. The van der Waals surface area contributed by atoms with E-state index in [1.54, 1.807) is 0 Å². The van der Waals surface area contributed by atoms with Gasteiger partial charge >= 0.3 is 5.97 Å². The maximum atomic E-state index is 10.8. The van der Waals surface area contributed by atoms with Crippen molar-refractivity contribution in [1.29, 1.82) is 0 Å². The predicted molar refractivity (Wildman–Crippen MR) is 99.4 cm³/mol. The lowest BCUT2D eigenvalue weighted by Gasteiger charge is -2.06. The highest BCUT2D eigenvalue weighted by Gasteiger charge is 1.97. The quantitative estimate of drug-likeness (QED) is 0.252. The normalized spacial score (nSPS) is 10.4. The van der Waals surface area contributed by atoms with Crippen molar-refractivity contribution in [2.24, 2.45) is 0 Å². The maximum absolute atomic E-state index is 10.8. The van der Waals surface area contributed by atoms with Crippen LogP contribution in [0.25, 0.3) is 0 Å². The third-order valence-electron chi connectivity index (χ3n) is 3.99. The molecular formula is C21H32O3. The van der Waals surface area contributed by atoms with Gasteiger partial charge in [0.15, 0.2) is 0 Å². The predicted octanol–water partition coefficient (Wildman–Crippen LogP) is 5.61. The number of benzene rings is 1. The Morgan fingerprint density at radius 1 is 0.875 bits per heavy atom. The summed E-state index contributed by atoms with van der Waals surface area (Å²) < 4.78 is 10.7. The van der Waals surface area contributed by atoms with Gasteiger partial charge in [0.1, 0.15) is 5.75 Å². The number of carbonyl (C=O) groups is 1. The first kappa shape index (κ1) is 20.3. The molecule has 1 aromatic rings. The summed E-state index contributed by atoms with van der Waals surface area (Å²) in [7, 11) is 0. The van der Waals surface area contributed by atoms with Gasteiger partial charge in [0.25, 0.3) is 0 Å². The Kier molecular flexibility index (Phi) is 11.5. The summed E-state index contributed by atoms with van der Waals surface area (Å²) in [6, 6.07) is 8.24. The second-order valence-corrected chi connectivity index (χ2v) is 6.22. The molecule has 0 aromatic heterocycles. The highest BCUT2D eigenvalue weighted by atomic mass is 16.5. The van der Waals surface area contributed by atoms with Crippen molar-refractivity contribution in [3.63, 3.8) is 0 Å². The van der Waals surface area contributed by atoms with Crippen molar-refractivity contribution < 1.29 is 14.3 Å². The molecule has 134 valence electrons. The molecule has 0 aliphatic heterocycles. The Labute approximate surface area is 147 Å². The summed E-state index contributed by atoms with van der Waals surface area (Å²) >= 11 is 0. The third-order valence-corrected chi connectivity index (χ3v) is 3.99. The lowest BCUT2D eigenvalue weighted by Crippen LogP contribution is -2.01. The Morgan fingerprint density at radius 3 is 1.92 bits per heavy atom. The lowest BCUT2D eigenvalue weighted by molar-refractivity contribution is -0.137. The molecule has 24 heavy (non-hydrogen) atoms. The molecule has 0 N–H and O–H groups in total. The van der Waals surface area contributed by atoms with Gasteiger partial charge in [-0.2, -0.15) is 0 Å². The zero-order valence-electron chi connectivity index (χ0n) is 15.1. The smallest absolute Gasteiger partial charge is 0.330 e. The lowest BCUT2D eigenvalue weighted by atomic mass is 10.1. The van der Waals surface area contributed by atoms with E-state index < -0.39 is 0 Å². The Morgan fingerprint density at radius 2 is 1.38 bits per heavy atom. The minimum absolute atomic E-state index is 0.318. The van der Waals surface area contributed by atoms with Crippen molar-refractivity contribution in [3.8, 4) is 5.75 Å². The average molecular weight is 332 g/mol. The molecule has 0 radical (unpaired) electrons. The molecule has 0 bridgehead atoms. The summed E-state index contributed by atoms with van der Waals surface area (Å²) in [5.41, 5.74) is 1.26. The first-order valence-electron chi connectivity index (χ1n) is 9.21. The van der Waals surface area contributed by atoms with Crippen molar-refractivity contribution in [2.75, 3.05) is 13.2 Å². The van der Waals surface area contributed by atoms with Crippen LogP contribution < -0.4 is 4.74 Å². The minimum atomic E-state index is -0.318. The number of rotatable bonds is 14. The van der Waals surface area contributed by atoms with Gasteiger partial charge in [0.05, 0.1) is 13.2 Å². The Hall–Kier alpha value is -1.77. The molecule has 0 fully saturated rings. The zero-order valence-corrected chi connectivity index (χ0v) is 15.1. The molecule has 3 heteroatoms. The van der Waals surface area contributed by atoms with Crippen molar-refractivity contribution in [2.45, 2.75) is 64.7 Å². The second kappa shape index (κ2) is 13.6. The number of esters is 1. The van der Waals surface area contributed by atoms with Gasteiger partial charge in [0, 0.05) is 6.08 Å². The van der Waals surface area contributed by atoms with E-state index in [1.807, 2.05) is 12.1 Å². The van der Waals surface area contributed by atoms with Gasteiger partial charge in [-0.3, -0.25) is 0 Å². The number of aryl methyl sites for hydroxylation is 1. The van der Waals surface area contributed by atoms with Crippen LogP contribution in [0.3, 0.4) is 0 Å². The Balaban J connectivity index is 1.80. The number of ether oxygens (including phenoxy) is 2. The molecule has 0 heterocycles. The highest BCUT2D eigenvalue weighted by Crippen LogP contribution is 2.13. The van der Waals surface area contributed by atoms with E-state index in [9.17, 15) is 4.79 Å². The average Bonchev–Trinajstić information content (AvgIpc) is 2.60. The number of carbonyl (C=O) groups excluding carboxylic acids is 1. The molecule has 0 atom stereocenters. The molecule has 1 aromatic carbocycles. The van der Waals surface area contributed by atoms with Gasteiger partial charge in [-0.25, -0.2) is 4.79 Å². The van der Waals surface area contributed by atoms with Crippen LogP contribution in [0.2, 0.25) is 0 Å². The molecule has 0 aliphatic carbocycles. The monoisotopic (exact) mass is 332 g/mol. The van der Waals surface area contributed by atoms with E-state index in [0.717, 1.165) is 31.6 Å². The van der Waals surface area contributed by atoms with Crippen LogP contribution in [0.1, 0.15) is 63.4 Å². The highest BCUT2D eigenvalue weighted by molar-refractivity contribution is 5.81. The van der Waals surface area contributed by atoms with E-state index >= 15 is 0 Å². The number of unbranched alkanes of at least 4 members (excludes halogenated alkanes) is 8. The summed E-state index contributed by atoms with van der Waals surface area (Å²) in [5.74, 6) is 0.653. The molecule has 0 spiro atoms. The maximum Gasteiger partial charge on any atom is 0.330 e. The van der Waals surface area contributed by atoms with E-state index in [0.29, 0.717) is 6.61 Å². The fourth-order valence-electron chi connectivity index (χ4n) is 2.50. The van der Waals surface area contributed by atoms with E-state index in [1.165, 1.54) is 50.2 Å². The van der Waals surface area contributed by atoms with Gasteiger partial charge < -0.3 is 9.47 Å². The topological polar surface area (TPSA) is 35.5 Å². The SMILES string of the molecule is C=CC(=O)OCCCCCCCCCCCOc1ccc(C)cc1. The summed E-state index contributed by atoms with van der Waals surface area (Å²) in [4.78, 5) is 10.8. The van der Waals surface area contributed by atoms with Crippen LogP contribution in [0, 0.1) is 6.92 Å². The van der Waals surface area contributed by atoms with Crippen molar-refractivity contribution in [1.82, 2.24) is 0 Å². The molecule has 0 saturated carbocycles. The van der Waals surface area contributed by atoms with E-state index in [2.05, 4.69) is 25.6 Å². The van der Waals surface area contributed by atoms with Crippen LogP contribution in [0.5, 0.6) is 5.75 Å². The first-order valence-corrected chi connectivity index (χ1v) is 9.21. The summed E-state index contributed by atoms with van der Waals surface area (Å²) in [6.07, 6.45) is 12.1. The number of hydrogen-bond acceptors (Lipinski definition) is 3. The molecule has 3 nitrogen and oxygen atoms in total. The summed E-state index contributed by atoms with van der Waals surface area (Å²) in [6.45, 7) is 6.79. The van der Waals surface area contributed by atoms with Crippen LogP contribution in [-0.4, -0.2) is 19.2 Å². The van der Waals surface area contributed by atoms with Crippen molar-refractivity contribution in [3.05, 3.63) is 42.5 Å². The van der Waals surface area contributed by atoms with Crippen molar-refractivity contribution >= 4 is 5.97 Å². The first-order chi connectivity index (χ1) is 11.7. The fourth-order valence-corrected chi connectivity index (χ4v) is 2.50. The van der Waals surface area contributed by atoms with Gasteiger partial charge in [-0.15, -0.1) is 0 Å². The van der Waals surface area contributed by atoms with Crippen LogP contribution >= 0.6 is 0 Å². The van der Waals surface area contributed by atoms with Crippen LogP contribution in [0.4, 0.5) is 0 Å². The molecule has 0 aliphatic rings. The molecular weight excluding hydrogens is 300 g/mol. The van der Waals surface area contributed by atoms with E-state index in [4.69, 9.17) is 9.47 Å². The zero-order chi connectivity index (χ0) is 17.5. The van der Waals surface area contributed by atoms with Crippen LogP contribution in [0.15, 0.2) is 36.9 Å². The third kappa shape index (κ3) is 10.9. The standard InChI is InChI=1S/C21H32O3/c1-3-21(22)24-18-12-10-8-6-4-5-7-9-11-17-23-20-15-13-19(2)14-16-20/h3,13-16H,1,4-12,17-18H2,2H3. The largest absolute Gasteiger partial charge is 0.494 e. The Bertz CT molecular complexity index is 451. The summed E-state index contributed by atoms with van der Waals surface area (Å²) in [5, 5.41) is 0. The van der Waals surface area contributed by atoms with Crippen LogP contribution in [-0.2, 0) is 9.53 Å². The fraction of sp³-hybridized carbons (Fsp3) is 0.571. The molecule has 0 saturated heterocycles.